The summed E-state index contributed by atoms with van der Waals surface area (Å²) in [5, 5.41) is 3.03. The van der Waals surface area contributed by atoms with E-state index in [0.717, 1.165) is 31.2 Å². The van der Waals surface area contributed by atoms with Crippen molar-refractivity contribution in [1.82, 2.24) is 5.32 Å². The van der Waals surface area contributed by atoms with Crippen LogP contribution in [0.15, 0.2) is 53.4 Å². The highest BCUT2D eigenvalue weighted by atomic mass is 32.2. The maximum Gasteiger partial charge on any atom is 0.261 e. The van der Waals surface area contributed by atoms with Crippen molar-refractivity contribution in [3.63, 3.8) is 0 Å². The van der Waals surface area contributed by atoms with Gasteiger partial charge >= 0.3 is 0 Å². The van der Waals surface area contributed by atoms with Crippen LogP contribution in [0, 0.1) is 6.92 Å². The molecule has 1 fully saturated rings. The van der Waals surface area contributed by atoms with Crippen molar-refractivity contribution in [2.75, 3.05) is 11.3 Å². The zero-order valence-electron chi connectivity index (χ0n) is 15.4. The molecule has 2 aromatic carbocycles. The molecule has 0 aromatic heterocycles. The van der Waals surface area contributed by atoms with E-state index in [1.165, 1.54) is 24.3 Å². The standard InChI is InChI=1S/C20H25N3O3S/c1-15-6-2-3-7-18(15)23-27(25,26)17-10-8-16(9-11-17)19(24)22-20(14-21)12-4-5-13-20/h2-3,6-11,23H,4-5,12-14,21H2,1H3,(H,22,24). The first-order chi connectivity index (χ1) is 12.9. The lowest BCUT2D eigenvalue weighted by Gasteiger charge is -2.28. The molecule has 1 aliphatic carbocycles. The highest BCUT2D eigenvalue weighted by Gasteiger charge is 2.34. The summed E-state index contributed by atoms with van der Waals surface area (Å²) in [5.41, 5.74) is 7.31. The number of para-hydroxylation sites is 1. The Balaban J connectivity index is 1.74. The molecule has 0 spiro atoms. The number of sulfonamides is 1. The molecule has 0 heterocycles. The number of rotatable bonds is 6. The topological polar surface area (TPSA) is 101 Å². The zero-order valence-corrected chi connectivity index (χ0v) is 16.2. The lowest BCUT2D eigenvalue weighted by atomic mass is 9.97. The monoisotopic (exact) mass is 387 g/mol. The minimum Gasteiger partial charge on any atom is -0.345 e. The van der Waals surface area contributed by atoms with Crippen molar-refractivity contribution in [3.05, 3.63) is 59.7 Å². The second kappa shape index (κ2) is 7.70. The molecule has 3 rings (SSSR count). The van der Waals surface area contributed by atoms with Gasteiger partial charge in [0.1, 0.15) is 0 Å². The van der Waals surface area contributed by atoms with Crippen molar-refractivity contribution in [1.29, 1.82) is 0 Å². The molecule has 0 radical (unpaired) electrons. The molecule has 0 atom stereocenters. The smallest absolute Gasteiger partial charge is 0.261 e. The van der Waals surface area contributed by atoms with Gasteiger partial charge < -0.3 is 11.1 Å². The summed E-state index contributed by atoms with van der Waals surface area (Å²) in [4.78, 5) is 12.6. The van der Waals surface area contributed by atoms with E-state index >= 15 is 0 Å². The average Bonchev–Trinajstić information content (AvgIpc) is 3.12. The van der Waals surface area contributed by atoms with E-state index in [1.54, 1.807) is 12.1 Å². The summed E-state index contributed by atoms with van der Waals surface area (Å²) < 4.78 is 27.7. The molecule has 6 nitrogen and oxygen atoms in total. The van der Waals surface area contributed by atoms with Crippen LogP contribution in [-0.4, -0.2) is 26.4 Å². The number of amides is 1. The largest absolute Gasteiger partial charge is 0.345 e. The number of nitrogens with one attached hydrogen (secondary N) is 2. The third kappa shape index (κ3) is 4.31. The maximum absolute atomic E-state index is 12.6. The molecular formula is C20H25N3O3S. The first-order valence-corrected chi connectivity index (χ1v) is 10.5. The minimum absolute atomic E-state index is 0.108. The van der Waals surface area contributed by atoms with Crippen LogP contribution in [0.2, 0.25) is 0 Å². The second-order valence-corrected chi connectivity index (χ2v) is 8.77. The molecule has 7 heteroatoms. The van der Waals surface area contributed by atoms with Crippen LogP contribution in [-0.2, 0) is 10.0 Å². The van der Waals surface area contributed by atoms with Crippen LogP contribution in [0.25, 0.3) is 0 Å². The number of hydrogen-bond donors (Lipinski definition) is 3. The Morgan fingerprint density at radius 2 is 1.70 bits per heavy atom. The van der Waals surface area contributed by atoms with Crippen LogP contribution in [0.1, 0.15) is 41.6 Å². The first kappa shape index (κ1) is 19.4. The van der Waals surface area contributed by atoms with Crippen molar-refractivity contribution in [2.45, 2.75) is 43.0 Å². The lowest BCUT2D eigenvalue weighted by molar-refractivity contribution is 0.0903. The Kier molecular flexibility index (Phi) is 5.53. The molecule has 0 unspecified atom stereocenters. The Hall–Kier alpha value is -2.38. The van der Waals surface area contributed by atoms with Gasteiger partial charge in [0.15, 0.2) is 0 Å². The van der Waals surface area contributed by atoms with Crippen LogP contribution in [0.4, 0.5) is 5.69 Å². The summed E-state index contributed by atoms with van der Waals surface area (Å²) in [5.74, 6) is -0.224. The highest BCUT2D eigenvalue weighted by molar-refractivity contribution is 7.92. The molecule has 0 saturated heterocycles. The molecule has 1 saturated carbocycles. The van der Waals surface area contributed by atoms with E-state index in [1.807, 2.05) is 19.1 Å². The number of carbonyl (C=O) groups is 1. The molecule has 2 aromatic rings. The third-order valence-electron chi connectivity index (χ3n) is 5.15. The van der Waals surface area contributed by atoms with Gasteiger partial charge in [-0.2, -0.15) is 0 Å². The molecule has 0 bridgehead atoms. The molecule has 27 heavy (non-hydrogen) atoms. The van der Waals surface area contributed by atoms with Gasteiger partial charge in [-0.25, -0.2) is 8.42 Å². The number of aryl methyl sites for hydroxylation is 1. The van der Waals surface area contributed by atoms with Crippen molar-refractivity contribution in [2.24, 2.45) is 5.73 Å². The Morgan fingerprint density at radius 3 is 2.30 bits per heavy atom. The summed E-state index contributed by atoms with van der Waals surface area (Å²) in [6.07, 6.45) is 3.86. The number of carbonyl (C=O) groups excluding carboxylic acids is 1. The molecular weight excluding hydrogens is 362 g/mol. The predicted molar refractivity (Wildman–Crippen MR) is 106 cm³/mol. The Morgan fingerprint density at radius 1 is 1.07 bits per heavy atom. The normalized spacial score (nSPS) is 16.1. The van der Waals surface area contributed by atoms with Gasteiger partial charge in [-0.1, -0.05) is 31.0 Å². The zero-order chi connectivity index (χ0) is 19.5. The van der Waals surface area contributed by atoms with Crippen LogP contribution >= 0.6 is 0 Å². The van der Waals surface area contributed by atoms with Gasteiger partial charge in [-0.3, -0.25) is 9.52 Å². The average molecular weight is 388 g/mol. The summed E-state index contributed by atoms with van der Waals surface area (Å²) in [7, 11) is -3.72. The van der Waals surface area contributed by atoms with Crippen LogP contribution < -0.4 is 15.8 Å². The summed E-state index contributed by atoms with van der Waals surface area (Å²) >= 11 is 0. The predicted octanol–water partition coefficient (Wildman–Crippen LogP) is 2.80. The fourth-order valence-electron chi connectivity index (χ4n) is 3.42. The molecule has 0 aliphatic heterocycles. The van der Waals surface area contributed by atoms with E-state index in [4.69, 9.17) is 5.73 Å². The molecule has 144 valence electrons. The van der Waals surface area contributed by atoms with E-state index in [9.17, 15) is 13.2 Å². The Bertz CT molecular complexity index is 918. The Labute approximate surface area is 160 Å². The van der Waals surface area contributed by atoms with Gasteiger partial charge in [0, 0.05) is 12.1 Å². The van der Waals surface area contributed by atoms with Gasteiger partial charge in [0.2, 0.25) is 0 Å². The number of nitrogens with two attached hydrogens (primary N) is 1. The number of anilines is 1. The van der Waals surface area contributed by atoms with Gasteiger partial charge in [-0.15, -0.1) is 0 Å². The van der Waals surface area contributed by atoms with E-state index < -0.39 is 10.0 Å². The van der Waals surface area contributed by atoms with Crippen molar-refractivity contribution in [3.8, 4) is 0 Å². The third-order valence-corrected chi connectivity index (χ3v) is 6.53. The fourth-order valence-corrected chi connectivity index (χ4v) is 4.55. The molecule has 1 amide bonds. The second-order valence-electron chi connectivity index (χ2n) is 7.09. The number of hydrogen-bond acceptors (Lipinski definition) is 4. The number of benzene rings is 2. The van der Waals surface area contributed by atoms with Gasteiger partial charge in [0.25, 0.3) is 15.9 Å². The van der Waals surface area contributed by atoms with Gasteiger partial charge in [0.05, 0.1) is 16.1 Å². The minimum atomic E-state index is -3.72. The van der Waals surface area contributed by atoms with E-state index in [0.29, 0.717) is 17.8 Å². The maximum atomic E-state index is 12.6. The quantitative estimate of drug-likeness (QED) is 0.709. The summed E-state index contributed by atoms with van der Waals surface area (Å²) in [6, 6.07) is 13.1. The highest BCUT2D eigenvalue weighted by Crippen LogP contribution is 2.29. The van der Waals surface area contributed by atoms with Crippen LogP contribution in [0.3, 0.4) is 0 Å². The SMILES string of the molecule is Cc1ccccc1NS(=O)(=O)c1ccc(C(=O)NC2(CN)CCCC2)cc1. The van der Waals surface area contributed by atoms with E-state index in [-0.39, 0.29) is 16.3 Å². The lowest BCUT2D eigenvalue weighted by Crippen LogP contribution is -2.51. The van der Waals surface area contributed by atoms with Gasteiger partial charge in [-0.05, 0) is 55.7 Å². The van der Waals surface area contributed by atoms with Crippen molar-refractivity contribution < 1.29 is 13.2 Å². The summed E-state index contributed by atoms with van der Waals surface area (Å²) in [6.45, 7) is 2.24. The molecule has 4 N–H and O–H groups in total. The van der Waals surface area contributed by atoms with Crippen LogP contribution in [0.5, 0.6) is 0 Å². The first-order valence-electron chi connectivity index (χ1n) is 9.06. The van der Waals surface area contributed by atoms with Crippen molar-refractivity contribution >= 4 is 21.6 Å². The molecule has 1 aliphatic rings. The van der Waals surface area contributed by atoms with E-state index in [2.05, 4.69) is 10.0 Å². The fraction of sp³-hybridized carbons (Fsp3) is 0.350.